The Hall–Kier alpha value is -3.48. The van der Waals surface area contributed by atoms with Gasteiger partial charge in [-0.1, -0.05) is 72.3 Å². The number of rotatable bonds is 7. The first kappa shape index (κ1) is 21.7. The molecule has 0 spiro atoms. The number of thiazole rings is 1. The van der Waals surface area contributed by atoms with Gasteiger partial charge in [0, 0.05) is 17.5 Å². The van der Waals surface area contributed by atoms with Crippen molar-refractivity contribution in [1.82, 2.24) is 10.3 Å². The first-order valence-corrected chi connectivity index (χ1v) is 11.3. The number of hydrogen-bond acceptors (Lipinski definition) is 4. The Morgan fingerprint density at radius 2 is 1.62 bits per heavy atom. The van der Waals surface area contributed by atoms with Crippen molar-refractivity contribution in [2.24, 2.45) is 0 Å². The van der Waals surface area contributed by atoms with Crippen molar-refractivity contribution in [2.45, 2.75) is 13.0 Å². The molecule has 7 heteroatoms. The highest BCUT2D eigenvalue weighted by Crippen LogP contribution is 2.30. The molecule has 4 aromatic rings. The summed E-state index contributed by atoms with van der Waals surface area (Å²) < 4.78 is 0. The summed E-state index contributed by atoms with van der Waals surface area (Å²) >= 11 is 7.68. The van der Waals surface area contributed by atoms with Crippen LogP contribution in [0.25, 0.3) is 10.6 Å². The average molecular weight is 462 g/mol. The third-order valence-electron chi connectivity index (χ3n) is 4.74. The van der Waals surface area contributed by atoms with E-state index in [1.165, 1.54) is 11.3 Å². The third-order valence-corrected chi connectivity index (χ3v) is 5.99. The van der Waals surface area contributed by atoms with E-state index < -0.39 is 0 Å². The molecule has 0 unspecified atom stereocenters. The fraction of sp³-hybridized carbons (Fsp3) is 0.0800. The molecule has 160 valence electrons. The number of carbonyl (C=O) groups is 2. The molecule has 0 fully saturated rings. The number of amides is 2. The summed E-state index contributed by atoms with van der Waals surface area (Å²) in [6.45, 7) is 0.408. The third kappa shape index (κ3) is 5.41. The molecule has 5 nitrogen and oxygen atoms in total. The zero-order valence-electron chi connectivity index (χ0n) is 17.0. The lowest BCUT2D eigenvalue weighted by Gasteiger charge is -2.11. The molecule has 1 aromatic heterocycles. The van der Waals surface area contributed by atoms with E-state index in [4.69, 9.17) is 11.6 Å². The molecule has 32 heavy (non-hydrogen) atoms. The number of anilines is 1. The van der Waals surface area contributed by atoms with Crippen LogP contribution in [0.4, 0.5) is 5.69 Å². The summed E-state index contributed by atoms with van der Waals surface area (Å²) in [5.74, 6) is -0.497. The molecule has 4 rings (SSSR count). The summed E-state index contributed by atoms with van der Waals surface area (Å²) in [7, 11) is 0. The van der Waals surface area contributed by atoms with Crippen LogP contribution >= 0.6 is 22.9 Å². The predicted molar refractivity (Wildman–Crippen MR) is 129 cm³/mol. The molecule has 2 N–H and O–H groups in total. The highest BCUT2D eigenvalue weighted by atomic mass is 35.5. The van der Waals surface area contributed by atoms with Crippen LogP contribution in [-0.2, 0) is 17.8 Å². The minimum absolute atomic E-state index is 0.0981. The molecular weight excluding hydrogens is 442 g/mol. The number of carbonyl (C=O) groups excluding carboxylic acids is 2. The van der Waals surface area contributed by atoms with Crippen molar-refractivity contribution in [1.29, 1.82) is 0 Å². The van der Waals surface area contributed by atoms with Crippen LogP contribution in [0, 0.1) is 0 Å². The van der Waals surface area contributed by atoms with Gasteiger partial charge >= 0.3 is 0 Å². The lowest BCUT2D eigenvalue weighted by Crippen LogP contribution is -2.25. The fourth-order valence-corrected chi connectivity index (χ4v) is 4.31. The number of para-hydroxylation sites is 1. The van der Waals surface area contributed by atoms with Gasteiger partial charge in [0.2, 0.25) is 5.91 Å². The molecular formula is C25H20ClN3O2S. The first-order chi connectivity index (χ1) is 15.6. The summed E-state index contributed by atoms with van der Waals surface area (Å²) in [6, 6.07) is 24.1. The van der Waals surface area contributed by atoms with Crippen LogP contribution in [0.15, 0.2) is 84.2 Å². The van der Waals surface area contributed by atoms with Gasteiger partial charge in [0.25, 0.3) is 5.91 Å². The minimum Gasteiger partial charge on any atom is -0.348 e. The highest BCUT2D eigenvalue weighted by molar-refractivity contribution is 7.13. The Bertz CT molecular complexity index is 1240. The zero-order valence-corrected chi connectivity index (χ0v) is 18.6. The van der Waals surface area contributed by atoms with Gasteiger partial charge < -0.3 is 10.6 Å². The topological polar surface area (TPSA) is 71.1 Å². The molecule has 2 amide bonds. The highest BCUT2D eigenvalue weighted by Gasteiger charge is 2.15. The maximum absolute atomic E-state index is 12.7. The summed E-state index contributed by atoms with van der Waals surface area (Å²) in [6.07, 6.45) is 0.0981. The van der Waals surface area contributed by atoms with Gasteiger partial charge in [0.1, 0.15) is 5.01 Å². The molecule has 0 aliphatic rings. The number of hydrogen-bond donors (Lipinski definition) is 2. The van der Waals surface area contributed by atoms with Crippen LogP contribution in [0.5, 0.6) is 0 Å². The zero-order chi connectivity index (χ0) is 22.3. The van der Waals surface area contributed by atoms with Crippen LogP contribution in [-0.4, -0.2) is 16.8 Å². The average Bonchev–Trinajstić information content (AvgIpc) is 3.27. The smallest absolute Gasteiger partial charge is 0.253 e. The molecule has 0 atom stereocenters. The van der Waals surface area contributed by atoms with Crippen LogP contribution in [0.1, 0.15) is 21.6 Å². The lowest BCUT2D eigenvalue weighted by molar-refractivity contribution is -0.115. The van der Waals surface area contributed by atoms with Gasteiger partial charge in [-0.05, 0) is 23.8 Å². The molecule has 0 aliphatic carbocycles. The van der Waals surface area contributed by atoms with Crippen LogP contribution < -0.4 is 10.6 Å². The quantitative estimate of drug-likeness (QED) is 0.377. The van der Waals surface area contributed by atoms with E-state index in [9.17, 15) is 9.59 Å². The fourth-order valence-electron chi connectivity index (χ4n) is 3.17. The summed E-state index contributed by atoms with van der Waals surface area (Å²) in [4.78, 5) is 29.9. The van der Waals surface area contributed by atoms with Gasteiger partial charge in [0.05, 0.1) is 28.4 Å². The van der Waals surface area contributed by atoms with Crippen molar-refractivity contribution >= 4 is 40.4 Å². The van der Waals surface area contributed by atoms with Crippen molar-refractivity contribution in [3.8, 4) is 10.6 Å². The number of nitrogens with zero attached hydrogens (tertiary/aromatic N) is 1. The van der Waals surface area contributed by atoms with E-state index in [1.54, 1.807) is 24.3 Å². The van der Waals surface area contributed by atoms with Gasteiger partial charge in [-0.15, -0.1) is 11.3 Å². The molecule has 3 aromatic carbocycles. The van der Waals surface area contributed by atoms with Crippen molar-refractivity contribution in [3.63, 3.8) is 0 Å². The van der Waals surface area contributed by atoms with E-state index in [2.05, 4.69) is 15.6 Å². The van der Waals surface area contributed by atoms with E-state index in [-0.39, 0.29) is 18.2 Å². The van der Waals surface area contributed by atoms with E-state index in [0.717, 1.165) is 16.1 Å². The number of halogens is 1. The number of nitrogens with one attached hydrogen (secondary N) is 2. The van der Waals surface area contributed by atoms with Crippen molar-refractivity contribution < 1.29 is 9.59 Å². The lowest BCUT2D eigenvalue weighted by atomic mass is 10.1. The second kappa shape index (κ2) is 10.2. The molecule has 0 aliphatic heterocycles. The second-order valence-corrected chi connectivity index (χ2v) is 8.33. The van der Waals surface area contributed by atoms with E-state index in [1.807, 2.05) is 60.0 Å². The molecule has 0 radical (unpaired) electrons. The van der Waals surface area contributed by atoms with E-state index in [0.29, 0.717) is 28.5 Å². The molecule has 0 bridgehead atoms. The van der Waals surface area contributed by atoms with Gasteiger partial charge in [0.15, 0.2) is 0 Å². The van der Waals surface area contributed by atoms with Crippen LogP contribution in [0.3, 0.4) is 0 Å². The van der Waals surface area contributed by atoms with Gasteiger partial charge in [-0.25, -0.2) is 4.98 Å². The standard InChI is InChI=1S/C25H20ClN3O2S/c26-21-12-6-4-10-19(21)25-28-18(16-32-25)14-23(30)29-22-13-7-5-11-20(22)24(31)27-15-17-8-2-1-3-9-17/h1-13,16H,14-15H2,(H,27,31)(H,29,30). The van der Waals surface area contributed by atoms with Crippen molar-refractivity contribution in [2.75, 3.05) is 5.32 Å². The van der Waals surface area contributed by atoms with Crippen molar-refractivity contribution in [3.05, 3.63) is 106 Å². The Morgan fingerprint density at radius 1 is 0.906 bits per heavy atom. The largest absolute Gasteiger partial charge is 0.348 e. The predicted octanol–water partition coefficient (Wildman–Crippen LogP) is 5.57. The Morgan fingerprint density at radius 3 is 2.44 bits per heavy atom. The maximum Gasteiger partial charge on any atom is 0.253 e. The Kier molecular flexibility index (Phi) is 6.94. The summed E-state index contributed by atoms with van der Waals surface area (Å²) in [5, 5.41) is 8.96. The molecule has 0 saturated heterocycles. The number of aromatic nitrogens is 1. The monoisotopic (exact) mass is 461 g/mol. The van der Waals surface area contributed by atoms with E-state index >= 15 is 0 Å². The molecule has 0 saturated carbocycles. The van der Waals surface area contributed by atoms with Gasteiger partial charge in [-0.2, -0.15) is 0 Å². The maximum atomic E-state index is 12.7. The van der Waals surface area contributed by atoms with Crippen LogP contribution in [0.2, 0.25) is 5.02 Å². The Labute approximate surface area is 195 Å². The first-order valence-electron chi connectivity index (χ1n) is 10.0. The van der Waals surface area contributed by atoms with Gasteiger partial charge in [-0.3, -0.25) is 9.59 Å². The normalized spacial score (nSPS) is 10.5. The number of benzene rings is 3. The minimum atomic E-state index is -0.251. The summed E-state index contributed by atoms with van der Waals surface area (Å²) in [5.41, 5.74) is 3.36. The Balaban J connectivity index is 1.41. The molecule has 1 heterocycles. The SMILES string of the molecule is O=C(Cc1csc(-c2ccccc2Cl)n1)Nc1ccccc1C(=O)NCc1ccccc1. The second-order valence-electron chi connectivity index (χ2n) is 7.06.